The van der Waals surface area contributed by atoms with Crippen LogP contribution < -0.4 is 5.32 Å². The molecule has 0 aromatic heterocycles. The maximum absolute atomic E-state index is 13.7. The van der Waals surface area contributed by atoms with Crippen LogP contribution in [0.15, 0.2) is 47.4 Å². The summed E-state index contributed by atoms with van der Waals surface area (Å²) in [6.45, 7) is 4.42. The summed E-state index contributed by atoms with van der Waals surface area (Å²) in [5.41, 5.74) is 1.32. The Morgan fingerprint density at radius 2 is 1.76 bits per heavy atom. The van der Waals surface area contributed by atoms with Crippen molar-refractivity contribution in [3.8, 4) is 0 Å². The maximum Gasteiger partial charge on any atom is 0.243 e. The van der Waals surface area contributed by atoms with Crippen molar-refractivity contribution in [2.24, 2.45) is 0 Å². The molecular weight excluding hydrogens is 363 g/mol. The largest absolute Gasteiger partial charge is 0.308 e. The van der Waals surface area contributed by atoms with E-state index in [2.05, 4.69) is 5.32 Å². The average molecular weight is 385 g/mol. The van der Waals surface area contributed by atoms with Crippen LogP contribution in [0.4, 0.5) is 4.39 Å². The maximum atomic E-state index is 13.7. The average Bonchev–Trinajstić information content (AvgIpc) is 2.57. The second-order valence-electron chi connectivity index (χ2n) is 6.06. The van der Waals surface area contributed by atoms with Crippen LogP contribution in [-0.2, 0) is 23.1 Å². The summed E-state index contributed by atoms with van der Waals surface area (Å²) < 4.78 is 39.9. The van der Waals surface area contributed by atoms with Crippen molar-refractivity contribution in [3.63, 3.8) is 0 Å². The summed E-state index contributed by atoms with van der Waals surface area (Å²) >= 11 is 5.99. The number of nitrogens with one attached hydrogen (secondary N) is 1. The van der Waals surface area contributed by atoms with Gasteiger partial charge in [0.1, 0.15) is 5.82 Å². The molecule has 0 fully saturated rings. The Hall–Kier alpha value is -1.47. The summed E-state index contributed by atoms with van der Waals surface area (Å²) in [6, 6.07) is 11.1. The molecule has 0 saturated carbocycles. The fourth-order valence-electron chi connectivity index (χ4n) is 2.26. The van der Waals surface area contributed by atoms with E-state index in [-0.39, 0.29) is 16.8 Å². The van der Waals surface area contributed by atoms with Crippen molar-refractivity contribution < 1.29 is 12.8 Å². The lowest BCUT2D eigenvalue weighted by Gasteiger charge is -2.21. The highest BCUT2D eigenvalue weighted by atomic mass is 35.5. The first kappa shape index (κ1) is 19.8. The van der Waals surface area contributed by atoms with Gasteiger partial charge in [-0.2, -0.15) is 4.31 Å². The molecule has 2 rings (SSSR count). The van der Waals surface area contributed by atoms with E-state index in [0.717, 1.165) is 5.56 Å². The lowest BCUT2D eigenvalue weighted by Crippen LogP contribution is -2.33. The third-order valence-electron chi connectivity index (χ3n) is 4.02. The predicted molar refractivity (Wildman–Crippen MR) is 98.5 cm³/mol. The summed E-state index contributed by atoms with van der Waals surface area (Å²) in [5.74, 6) is -0.349. The number of rotatable bonds is 7. The van der Waals surface area contributed by atoms with Gasteiger partial charge in [-0.15, -0.1) is 0 Å². The molecule has 0 spiro atoms. The van der Waals surface area contributed by atoms with Gasteiger partial charge in [0.25, 0.3) is 0 Å². The Morgan fingerprint density at radius 1 is 1.12 bits per heavy atom. The predicted octanol–water partition coefficient (Wildman–Crippen LogP) is 3.80. The zero-order valence-electron chi connectivity index (χ0n) is 14.5. The number of hydrogen-bond donors (Lipinski definition) is 1. The first-order valence-electron chi connectivity index (χ1n) is 7.94. The summed E-state index contributed by atoms with van der Waals surface area (Å²) in [6.07, 6.45) is 0. The van der Waals surface area contributed by atoms with Gasteiger partial charge in [0.15, 0.2) is 0 Å². The normalized spacial score (nSPS) is 12.1. The molecule has 0 radical (unpaired) electrons. The molecule has 7 heteroatoms. The lowest BCUT2D eigenvalue weighted by atomic mass is 10.2. The molecule has 2 aromatic rings. The number of sulfonamides is 1. The van der Waals surface area contributed by atoms with E-state index in [0.29, 0.717) is 23.7 Å². The third-order valence-corrected chi connectivity index (χ3v) is 6.42. The Labute approximate surface area is 153 Å². The molecule has 0 aliphatic heterocycles. The molecule has 0 heterocycles. The van der Waals surface area contributed by atoms with Crippen molar-refractivity contribution in [1.29, 1.82) is 0 Å². The van der Waals surface area contributed by atoms with Crippen LogP contribution in [0.1, 0.15) is 25.0 Å². The third kappa shape index (κ3) is 4.79. The van der Waals surface area contributed by atoms with E-state index in [1.165, 1.54) is 10.4 Å². The quantitative estimate of drug-likeness (QED) is 0.789. The minimum atomic E-state index is -3.48. The van der Waals surface area contributed by atoms with Crippen LogP contribution >= 0.6 is 11.6 Å². The highest BCUT2D eigenvalue weighted by Gasteiger charge is 2.22. The molecule has 25 heavy (non-hydrogen) atoms. The van der Waals surface area contributed by atoms with Crippen molar-refractivity contribution in [1.82, 2.24) is 9.62 Å². The van der Waals surface area contributed by atoms with Gasteiger partial charge in [0.05, 0.1) is 4.90 Å². The fourth-order valence-corrected chi connectivity index (χ4v) is 3.85. The van der Waals surface area contributed by atoms with E-state index in [1.807, 2.05) is 13.8 Å². The van der Waals surface area contributed by atoms with Crippen LogP contribution in [0, 0.1) is 5.82 Å². The zero-order chi connectivity index (χ0) is 18.6. The SMILES string of the molecule is CC(C)N(C)S(=O)(=O)c1ccc(CNCc2c(F)cccc2Cl)cc1. The molecule has 0 atom stereocenters. The van der Waals surface area contributed by atoms with Gasteiger partial charge in [-0.3, -0.25) is 0 Å². The van der Waals surface area contributed by atoms with E-state index in [4.69, 9.17) is 11.6 Å². The van der Waals surface area contributed by atoms with Gasteiger partial charge < -0.3 is 5.32 Å². The number of hydrogen-bond acceptors (Lipinski definition) is 3. The highest BCUT2D eigenvalue weighted by molar-refractivity contribution is 7.89. The van der Waals surface area contributed by atoms with Gasteiger partial charge in [-0.05, 0) is 43.7 Å². The van der Waals surface area contributed by atoms with Crippen LogP contribution in [0.25, 0.3) is 0 Å². The van der Waals surface area contributed by atoms with E-state index in [1.54, 1.807) is 43.4 Å². The lowest BCUT2D eigenvalue weighted by molar-refractivity contribution is 0.410. The van der Waals surface area contributed by atoms with Gasteiger partial charge in [0, 0.05) is 36.8 Å². The van der Waals surface area contributed by atoms with Crippen molar-refractivity contribution in [3.05, 3.63) is 64.4 Å². The van der Waals surface area contributed by atoms with Crippen molar-refractivity contribution in [2.75, 3.05) is 7.05 Å². The Morgan fingerprint density at radius 3 is 2.32 bits per heavy atom. The van der Waals surface area contributed by atoms with Crippen molar-refractivity contribution >= 4 is 21.6 Å². The Balaban J connectivity index is 2.02. The van der Waals surface area contributed by atoms with Gasteiger partial charge in [-0.25, -0.2) is 12.8 Å². The van der Waals surface area contributed by atoms with Crippen LogP contribution in [0.5, 0.6) is 0 Å². The highest BCUT2D eigenvalue weighted by Crippen LogP contribution is 2.19. The Kier molecular flexibility index (Phi) is 6.57. The topological polar surface area (TPSA) is 49.4 Å². The summed E-state index contributed by atoms with van der Waals surface area (Å²) in [5, 5.41) is 3.49. The molecule has 0 aliphatic rings. The minimum absolute atomic E-state index is 0.114. The molecule has 2 aromatic carbocycles. The molecule has 0 unspecified atom stereocenters. The first-order valence-corrected chi connectivity index (χ1v) is 9.76. The standard InChI is InChI=1S/C18H22ClFN2O2S/c1-13(2)22(3)25(23,24)15-9-7-14(8-10-15)11-21-12-16-17(19)5-4-6-18(16)20/h4-10,13,21H,11-12H2,1-3H3. The van der Waals surface area contributed by atoms with Crippen LogP contribution in [0.3, 0.4) is 0 Å². The number of halogens is 2. The van der Waals surface area contributed by atoms with Crippen LogP contribution in [-0.4, -0.2) is 25.8 Å². The molecule has 1 N–H and O–H groups in total. The monoisotopic (exact) mass is 384 g/mol. The van der Waals surface area contributed by atoms with E-state index < -0.39 is 10.0 Å². The first-order chi connectivity index (χ1) is 11.7. The van der Waals surface area contributed by atoms with Gasteiger partial charge >= 0.3 is 0 Å². The molecule has 0 saturated heterocycles. The van der Waals surface area contributed by atoms with Crippen molar-refractivity contribution in [2.45, 2.75) is 37.9 Å². The second-order valence-corrected chi connectivity index (χ2v) is 8.47. The molecule has 0 amide bonds. The second kappa shape index (κ2) is 8.27. The summed E-state index contributed by atoms with van der Waals surface area (Å²) in [4.78, 5) is 0.254. The Bertz CT molecular complexity index is 803. The molecule has 136 valence electrons. The number of benzene rings is 2. The number of nitrogens with zero attached hydrogens (tertiary/aromatic N) is 1. The van der Waals surface area contributed by atoms with Crippen LogP contribution in [0.2, 0.25) is 5.02 Å². The van der Waals surface area contributed by atoms with Gasteiger partial charge in [0.2, 0.25) is 10.0 Å². The smallest absolute Gasteiger partial charge is 0.243 e. The van der Waals surface area contributed by atoms with E-state index >= 15 is 0 Å². The van der Waals surface area contributed by atoms with E-state index in [9.17, 15) is 12.8 Å². The molecule has 0 aliphatic carbocycles. The summed E-state index contributed by atoms with van der Waals surface area (Å²) in [7, 11) is -1.92. The molecule has 4 nitrogen and oxygen atoms in total. The zero-order valence-corrected chi connectivity index (χ0v) is 16.0. The molecule has 0 bridgehead atoms. The minimum Gasteiger partial charge on any atom is -0.308 e. The molecular formula is C18H22ClFN2O2S. The fraction of sp³-hybridized carbons (Fsp3) is 0.333. The van der Waals surface area contributed by atoms with Gasteiger partial charge in [-0.1, -0.05) is 29.8 Å².